The molecule has 0 saturated heterocycles. The fourth-order valence-electron chi connectivity index (χ4n) is 8.67. The van der Waals surface area contributed by atoms with Gasteiger partial charge in [0.2, 0.25) is 0 Å². The first-order chi connectivity index (χ1) is 27.3. The highest BCUT2D eigenvalue weighted by atomic mass is 16.3. The molecule has 0 aliphatic carbocycles. The molecule has 55 heavy (non-hydrogen) atoms. The number of fused-ring (bicyclic) bond motifs is 10. The first kappa shape index (κ1) is 30.0. The Morgan fingerprint density at radius 1 is 0.382 bits per heavy atom. The molecule has 0 N–H and O–H groups in total. The van der Waals surface area contributed by atoms with Crippen LogP contribution in [-0.2, 0) is 0 Å². The van der Waals surface area contributed by atoms with Gasteiger partial charge < -0.3 is 13.6 Å². The van der Waals surface area contributed by atoms with E-state index in [1.165, 1.54) is 27.1 Å². The quantitative estimate of drug-likeness (QED) is 0.183. The Morgan fingerprint density at radius 2 is 1.02 bits per heavy atom. The molecule has 8 aromatic carbocycles. The molecule has 0 aliphatic rings. The summed E-state index contributed by atoms with van der Waals surface area (Å²) in [6.45, 7) is 0. The zero-order valence-corrected chi connectivity index (χ0v) is 29.5. The van der Waals surface area contributed by atoms with Crippen molar-refractivity contribution in [2.24, 2.45) is 0 Å². The number of hydrogen-bond acceptors (Lipinski definition) is 3. The van der Waals surface area contributed by atoms with Crippen molar-refractivity contribution < 1.29 is 4.42 Å². The van der Waals surface area contributed by atoms with Crippen LogP contribution >= 0.6 is 0 Å². The van der Waals surface area contributed by atoms with Crippen molar-refractivity contribution in [3.05, 3.63) is 182 Å². The standard InChI is InChI=1S/C50H30N4O/c1-3-14-31(15-4-1)48-38-20-7-10-22-41(38)51-50(52-48)32-26-27-36-37-21-13-25-44(49(37)55-47(36)28-32)54-43-24-12-9-19-35(43)40-29-39-34-18-8-11-23-42(34)53(45(39)30-46(40)54)33-16-5-2-6-17-33/h1-30H. The first-order valence-corrected chi connectivity index (χ1v) is 18.6. The monoisotopic (exact) mass is 702 g/mol. The molecular weight excluding hydrogens is 673 g/mol. The van der Waals surface area contributed by atoms with Gasteiger partial charge in [0.05, 0.1) is 39.0 Å². The molecule has 0 atom stereocenters. The first-order valence-electron chi connectivity index (χ1n) is 18.6. The number of rotatable bonds is 4. The third-order valence-electron chi connectivity index (χ3n) is 11.1. The van der Waals surface area contributed by atoms with Crippen molar-refractivity contribution in [1.82, 2.24) is 19.1 Å². The van der Waals surface area contributed by atoms with Gasteiger partial charge in [0.1, 0.15) is 5.58 Å². The maximum absolute atomic E-state index is 6.92. The number of nitrogens with zero attached hydrogens (tertiary/aromatic N) is 4. The van der Waals surface area contributed by atoms with Crippen LogP contribution in [0.1, 0.15) is 0 Å². The fourth-order valence-corrected chi connectivity index (χ4v) is 8.67. The van der Waals surface area contributed by atoms with Gasteiger partial charge in [0, 0.05) is 54.5 Å². The summed E-state index contributed by atoms with van der Waals surface area (Å²) in [6, 6.07) is 64.1. The van der Waals surface area contributed by atoms with E-state index in [2.05, 4.69) is 161 Å². The summed E-state index contributed by atoms with van der Waals surface area (Å²) in [5.41, 5.74) is 12.2. The van der Waals surface area contributed by atoms with E-state index in [-0.39, 0.29) is 0 Å². The average molecular weight is 703 g/mol. The lowest BCUT2D eigenvalue weighted by atomic mass is 10.1. The second kappa shape index (κ2) is 11.5. The third-order valence-corrected chi connectivity index (χ3v) is 11.1. The molecule has 0 radical (unpaired) electrons. The number of aromatic nitrogens is 4. The Hall–Kier alpha value is -7.50. The topological polar surface area (TPSA) is 48.8 Å². The van der Waals surface area contributed by atoms with Crippen LogP contribution in [0.3, 0.4) is 0 Å². The van der Waals surface area contributed by atoms with Crippen molar-refractivity contribution in [3.8, 4) is 34.0 Å². The molecule has 0 fully saturated rings. The van der Waals surface area contributed by atoms with Crippen LogP contribution in [0.4, 0.5) is 0 Å². The molecule has 0 aliphatic heterocycles. The zero-order valence-electron chi connectivity index (χ0n) is 29.5. The molecule has 12 aromatic rings. The lowest BCUT2D eigenvalue weighted by Gasteiger charge is -2.10. The Balaban J connectivity index is 1.10. The molecule has 256 valence electrons. The van der Waals surface area contributed by atoms with E-state index in [1.54, 1.807) is 0 Å². The molecule has 0 unspecified atom stereocenters. The second-order valence-electron chi connectivity index (χ2n) is 14.2. The van der Waals surface area contributed by atoms with E-state index in [9.17, 15) is 0 Å². The number of furan rings is 1. The minimum atomic E-state index is 0.667. The Labute approximate surface area is 315 Å². The summed E-state index contributed by atoms with van der Waals surface area (Å²) in [6.07, 6.45) is 0. The van der Waals surface area contributed by atoms with Crippen LogP contribution in [0.25, 0.3) is 110 Å². The van der Waals surface area contributed by atoms with Crippen molar-refractivity contribution in [3.63, 3.8) is 0 Å². The maximum atomic E-state index is 6.92. The molecule has 0 amide bonds. The van der Waals surface area contributed by atoms with Crippen molar-refractivity contribution in [2.45, 2.75) is 0 Å². The van der Waals surface area contributed by atoms with E-state index >= 15 is 0 Å². The third kappa shape index (κ3) is 4.41. The van der Waals surface area contributed by atoms with Gasteiger partial charge in [-0.3, -0.25) is 0 Å². The fraction of sp³-hybridized carbons (Fsp3) is 0. The van der Waals surface area contributed by atoms with Gasteiger partial charge in [-0.05, 0) is 60.7 Å². The SMILES string of the molecule is c1ccc(-c2nc(-c3ccc4c(c3)oc3c(-n5c6ccccc6c6cc7c8ccccc8n(-c8ccccc8)c7cc65)cccc34)nc3ccccc23)cc1. The molecule has 0 spiro atoms. The van der Waals surface area contributed by atoms with Crippen molar-refractivity contribution in [2.75, 3.05) is 0 Å². The number of para-hydroxylation sites is 5. The number of benzene rings is 8. The average Bonchev–Trinajstić information content (AvgIpc) is 3.90. The van der Waals surface area contributed by atoms with E-state index < -0.39 is 0 Å². The molecular formula is C50H30N4O. The van der Waals surface area contributed by atoms with Crippen molar-refractivity contribution in [1.29, 1.82) is 0 Å². The lowest BCUT2D eigenvalue weighted by molar-refractivity contribution is 0.666. The van der Waals surface area contributed by atoms with Crippen LogP contribution < -0.4 is 0 Å². The van der Waals surface area contributed by atoms with Gasteiger partial charge in [0.25, 0.3) is 0 Å². The number of hydrogen-bond donors (Lipinski definition) is 0. The lowest BCUT2D eigenvalue weighted by Crippen LogP contribution is -1.96. The van der Waals surface area contributed by atoms with Crippen molar-refractivity contribution >= 4 is 76.5 Å². The predicted molar refractivity (Wildman–Crippen MR) is 226 cm³/mol. The summed E-state index contributed by atoms with van der Waals surface area (Å²) < 4.78 is 11.7. The van der Waals surface area contributed by atoms with E-state index in [0.29, 0.717) is 5.82 Å². The van der Waals surface area contributed by atoms with Gasteiger partial charge in [0.15, 0.2) is 11.4 Å². The highest BCUT2D eigenvalue weighted by molar-refractivity contribution is 6.20. The molecule has 5 heteroatoms. The largest absolute Gasteiger partial charge is 0.454 e. The minimum Gasteiger partial charge on any atom is -0.454 e. The zero-order chi connectivity index (χ0) is 36.0. The highest BCUT2D eigenvalue weighted by Crippen LogP contribution is 2.42. The van der Waals surface area contributed by atoms with Gasteiger partial charge in [-0.1, -0.05) is 121 Å². The van der Waals surface area contributed by atoms with Gasteiger partial charge in [-0.25, -0.2) is 9.97 Å². The summed E-state index contributed by atoms with van der Waals surface area (Å²) in [4.78, 5) is 10.2. The smallest absolute Gasteiger partial charge is 0.160 e. The highest BCUT2D eigenvalue weighted by Gasteiger charge is 2.21. The molecule has 0 bridgehead atoms. The molecule has 0 saturated carbocycles. The van der Waals surface area contributed by atoms with Gasteiger partial charge in [-0.2, -0.15) is 0 Å². The Bertz CT molecular complexity index is 3480. The summed E-state index contributed by atoms with van der Waals surface area (Å²) in [5.74, 6) is 0.667. The van der Waals surface area contributed by atoms with Crippen LogP contribution in [0.15, 0.2) is 186 Å². The molecule has 4 aromatic heterocycles. The molecule has 12 rings (SSSR count). The van der Waals surface area contributed by atoms with Crippen LogP contribution in [0, 0.1) is 0 Å². The van der Waals surface area contributed by atoms with E-state index in [0.717, 1.165) is 77.6 Å². The Morgan fingerprint density at radius 3 is 1.80 bits per heavy atom. The molecule has 4 heterocycles. The second-order valence-corrected chi connectivity index (χ2v) is 14.2. The normalized spacial score (nSPS) is 12.0. The summed E-state index contributed by atoms with van der Waals surface area (Å²) in [7, 11) is 0. The summed E-state index contributed by atoms with van der Waals surface area (Å²) >= 11 is 0. The van der Waals surface area contributed by atoms with Gasteiger partial charge in [-0.15, -0.1) is 0 Å². The van der Waals surface area contributed by atoms with Crippen LogP contribution in [-0.4, -0.2) is 19.1 Å². The van der Waals surface area contributed by atoms with E-state index in [4.69, 9.17) is 14.4 Å². The maximum Gasteiger partial charge on any atom is 0.160 e. The Kier molecular flexibility index (Phi) is 6.27. The van der Waals surface area contributed by atoms with E-state index in [1.807, 2.05) is 30.3 Å². The van der Waals surface area contributed by atoms with Gasteiger partial charge >= 0.3 is 0 Å². The molecule has 5 nitrogen and oxygen atoms in total. The predicted octanol–water partition coefficient (Wildman–Crippen LogP) is 13.1. The summed E-state index contributed by atoms with van der Waals surface area (Å²) in [5, 5.41) is 8.02. The van der Waals surface area contributed by atoms with Crippen LogP contribution in [0.2, 0.25) is 0 Å². The minimum absolute atomic E-state index is 0.667. The van der Waals surface area contributed by atoms with Crippen LogP contribution in [0.5, 0.6) is 0 Å².